The lowest BCUT2D eigenvalue weighted by molar-refractivity contribution is 0.412. The van der Waals surface area contributed by atoms with E-state index in [1.165, 1.54) is 0 Å². The molecule has 2 aromatic rings. The summed E-state index contributed by atoms with van der Waals surface area (Å²) in [6, 6.07) is 7.60. The van der Waals surface area contributed by atoms with Crippen molar-refractivity contribution in [3.8, 4) is 5.75 Å². The number of methoxy groups -OCH3 is 1. The zero-order valence-electron chi connectivity index (χ0n) is 10.8. The van der Waals surface area contributed by atoms with E-state index in [4.69, 9.17) is 4.74 Å². The highest BCUT2D eigenvalue weighted by atomic mass is 79.9. The zero-order valence-corrected chi connectivity index (χ0v) is 12.4. The van der Waals surface area contributed by atoms with Gasteiger partial charge in [-0.3, -0.25) is 0 Å². The molecule has 0 aliphatic carbocycles. The molecule has 19 heavy (non-hydrogen) atoms. The van der Waals surface area contributed by atoms with Crippen molar-refractivity contribution in [1.82, 2.24) is 15.3 Å². The highest BCUT2D eigenvalue weighted by Crippen LogP contribution is 2.28. The third-order valence-corrected chi connectivity index (χ3v) is 3.08. The summed E-state index contributed by atoms with van der Waals surface area (Å²) in [5.41, 5.74) is 0.932. The minimum Gasteiger partial charge on any atom is -0.496 e. The van der Waals surface area contributed by atoms with E-state index in [-0.39, 0.29) is 0 Å². The average molecular weight is 323 g/mol. The van der Waals surface area contributed by atoms with Crippen LogP contribution in [0.25, 0.3) is 0 Å². The molecule has 1 heterocycles. The second-order valence-corrected chi connectivity index (χ2v) is 4.72. The van der Waals surface area contributed by atoms with Gasteiger partial charge in [0.2, 0.25) is 0 Å². The van der Waals surface area contributed by atoms with E-state index in [0.717, 1.165) is 27.6 Å². The van der Waals surface area contributed by atoms with E-state index in [1.54, 1.807) is 13.3 Å². The van der Waals surface area contributed by atoms with Gasteiger partial charge in [0.15, 0.2) is 0 Å². The van der Waals surface area contributed by atoms with Gasteiger partial charge >= 0.3 is 0 Å². The number of ether oxygens (including phenoxy) is 1. The summed E-state index contributed by atoms with van der Waals surface area (Å²) in [7, 11) is 3.51. The third kappa shape index (κ3) is 3.65. The van der Waals surface area contributed by atoms with Gasteiger partial charge in [-0.2, -0.15) is 0 Å². The Balaban J connectivity index is 2.16. The number of benzene rings is 1. The molecule has 0 aliphatic rings. The van der Waals surface area contributed by atoms with E-state index in [9.17, 15) is 0 Å². The molecule has 0 atom stereocenters. The van der Waals surface area contributed by atoms with Crippen LogP contribution in [0, 0.1) is 0 Å². The molecule has 2 rings (SSSR count). The molecular formula is C13H15BrN4O. The van der Waals surface area contributed by atoms with E-state index in [0.29, 0.717) is 6.54 Å². The van der Waals surface area contributed by atoms with Gasteiger partial charge in [-0.1, -0.05) is 0 Å². The van der Waals surface area contributed by atoms with E-state index >= 15 is 0 Å². The zero-order chi connectivity index (χ0) is 13.7. The third-order valence-electron chi connectivity index (χ3n) is 2.46. The summed E-state index contributed by atoms with van der Waals surface area (Å²) in [4.78, 5) is 8.57. The van der Waals surface area contributed by atoms with Gasteiger partial charge in [-0.25, -0.2) is 9.97 Å². The Labute approximate surface area is 120 Å². The normalized spacial score (nSPS) is 10.3. The fourth-order valence-corrected chi connectivity index (χ4v) is 2.14. The lowest BCUT2D eigenvalue weighted by atomic mass is 10.3. The van der Waals surface area contributed by atoms with E-state index < -0.39 is 0 Å². The topological polar surface area (TPSA) is 59.1 Å². The quantitative estimate of drug-likeness (QED) is 0.886. The Morgan fingerprint density at radius 2 is 2.16 bits per heavy atom. The number of rotatable bonds is 5. The van der Waals surface area contributed by atoms with Gasteiger partial charge in [-0.15, -0.1) is 0 Å². The highest BCUT2D eigenvalue weighted by Gasteiger charge is 2.03. The Hall–Kier alpha value is -1.66. The number of anilines is 2. The van der Waals surface area contributed by atoms with Crippen molar-refractivity contribution in [3.05, 3.63) is 40.8 Å². The molecule has 0 spiro atoms. The van der Waals surface area contributed by atoms with E-state index in [1.807, 2.05) is 31.3 Å². The van der Waals surface area contributed by atoms with Crippen molar-refractivity contribution in [2.45, 2.75) is 6.54 Å². The number of aromatic nitrogens is 2. The van der Waals surface area contributed by atoms with Gasteiger partial charge in [0, 0.05) is 11.9 Å². The van der Waals surface area contributed by atoms with Gasteiger partial charge in [0.1, 0.15) is 17.4 Å². The first-order valence-corrected chi connectivity index (χ1v) is 6.59. The van der Waals surface area contributed by atoms with Crippen LogP contribution in [0.2, 0.25) is 0 Å². The van der Waals surface area contributed by atoms with E-state index in [2.05, 4.69) is 36.5 Å². The van der Waals surface area contributed by atoms with Crippen LogP contribution in [-0.4, -0.2) is 24.1 Å². The van der Waals surface area contributed by atoms with Crippen molar-refractivity contribution in [3.63, 3.8) is 0 Å². The molecule has 2 N–H and O–H groups in total. The van der Waals surface area contributed by atoms with Crippen LogP contribution in [0.3, 0.4) is 0 Å². The first-order chi connectivity index (χ1) is 9.22. The lowest BCUT2D eigenvalue weighted by Crippen LogP contribution is -2.09. The molecule has 6 heteroatoms. The minimum absolute atomic E-state index is 0.641. The van der Waals surface area contributed by atoms with Crippen LogP contribution >= 0.6 is 15.9 Å². The SMILES string of the molecule is CNCc1nccc(Nc2ccc(OC)c(Br)c2)n1. The molecule has 5 nitrogen and oxygen atoms in total. The smallest absolute Gasteiger partial charge is 0.144 e. The molecule has 1 aromatic carbocycles. The van der Waals surface area contributed by atoms with Crippen molar-refractivity contribution in [2.24, 2.45) is 0 Å². The fourth-order valence-electron chi connectivity index (χ4n) is 1.60. The number of nitrogens with zero attached hydrogens (tertiary/aromatic N) is 2. The highest BCUT2D eigenvalue weighted by molar-refractivity contribution is 9.10. The Bertz CT molecular complexity index is 562. The van der Waals surface area contributed by atoms with Gasteiger partial charge < -0.3 is 15.4 Å². The summed E-state index contributed by atoms with van der Waals surface area (Å²) >= 11 is 3.45. The molecule has 0 bridgehead atoms. The predicted octanol–water partition coefficient (Wildman–Crippen LogP) is 2.71. The summed E-state index contributed by atoms with van der Waals surface area (Å²) in [6.45, 7) is 0.641. The second-order valence-electron chi connectivity index (χ2n) is 3.86. The maximum Gasteiger partial charge on any atom is 0.144 e. The van der Waals surface area contributed by atoms with Gasteiger partial charge in [-0.05, 0) is 47.2 Å². The fraction of sp³-hybridized carbons (Fsp3) is 0.231. The number of nitrogens with one attached hydrogen (secondary N) is 2. The molecule has 0 saturated heterocycles. The molecular weight excluding hydrogens is 308 g/mol. The van der Waals surface area contributed by atoms with Crippen LogP contribution < -0.4 is 15.4 Å². The molecule has 1 aromatic heterocycles. The standard InChI is InChI=1S/C13H15BrN4O/c1-15-8-13-16-6-5-12(18-13)17-9-3-4-11(19-2)10(14)7-9/h3-7,15H,8H2,1-2H3,(H,16,17,18). The second kappa shape index (κ2) is 6.49. The molecule has 0 amide bonds. The maximum absolute atomic E-state index is 5.19. The largest absolute Gasteiger partial charge is 0.496 e. The summed E-state index contributed by atoms with van der Waals surface area (Å²) in [5, 5.41) is 6.25. The van der Waals surface area contributed by atoms with Crippen LogP contribution in [-0.2, 0) is 6.54 Å². The number of hydrogen-bond donors (Lipinski definition) is 2. The molecule has 0 unspecified atom stereocenters. The maximum atomic E-state index is 5.19. The first kappa shape index (κ1) is 13.8. The number of hydrogen-bond acceptors (Lipinski definition) is 5. The minimum atomic E-state index is 0.641. The van der Waals surface area contributed by atoms with Gasteiger partial charge in [0.05, 0.1) is 18.1 Å². The molecule has 0 fully saturated rings. The Morgan fingerprint density at radius 1 is 1.32 bits per heavy atom. The van der Waals surface area contributed by atoms with Crippen molar-refractivity contribution >= 4 is 27.4 Å². The van der Waals surface area contributed by atoms with Crippen LogP contribution in [0.1, 0.15) is 5.82 Å². The first-order valence-electron chi connectivity index (χ1n) is 5.80. The Morgan fingerprint density at radius 3 is 2.84 bits per heavy atom. The van der Waals surface area contributed by atoms with Crippen molar-refractivity contribution in [2.75, 3.05) is 19.5 Å². The summed E-state index contributed by atoms with van der Waals surface area (Å²) in [5.74, 6) is 2.31. The van der Waals surface area contributed by atoms with Crippen LogP contribution in [0.5, 0.6) is 5.75 Å². The Kier molecular flexibility index (Phi) is 4.70. The summed E-state index contributed by atoms with van der Waals surface area (Å²) < 4.78 is 6.09. The predicted molar refractivity (Wildman–Crippen MR) is 78.8 cm³/mol. The van der Waals surface area contributed by atoms with Crippen LogP contribution in [0.4, 0.5) is 11.5 Å². The monoisotopic (exact) mass is 322 g/mol. The van der Waals surface area contributed by atoms with Crippen molar-refractivity contribution in [1.29, 1.82) is 0 Å². The molecule has 0 saturated carbocycles. The summed E-state index contributed by atoms with van der Waals surface area (Å²) in [6.07, 6.45) is 1.74. The van der Waals surface area contributed by atoms with Crippen molar-refractivity contribution < 1.29 is 4.74 Å². The number of halogens is 1. The van der Waals surface area contributed by atoms with Crippen LogP contribution in [0.15, 0.2) is 34.9 Å². The lowest BCUT2D eigenvalue weighted by Gasteiger charge is -2.09. The molecule has 100 valence electrons. The molecule has 0 aliphatic heterocycles. The molecule has 0 radical (unpaired) electrons. The van der Waals surface area contributed by atoms with Gasteiger partial charge in [0.25, 0.3) is 0 Å². The average Bonchev–Trinajstić information content (AvgIpc) is 2.40.